The van der Waals surface area contributed by atoms with Crippen LogP contribution in [-0.4, -0.2) is 61.5 Å². The van der Waals surface area contributed by atoms with E-state index in [9.17, 15) is 9.18 Å². The summed E-state index contributed by atoms with van der Waals surface area (Å²) in [7, 11) is 1.65. The van der Waals surface area contributed by atoms with E-state index in [1.54, 1.807) is 19.2 Å². The van der Waals surface area contributed by atoms with E-state index in [4.69, 9.17) is 5.26 Å². The van der Waals surface area contributed by atoms with E-state index >= 15 is 0 Å². The van der Waals surface area contributed by atoms with Crippen LogP contribution in [0, 0.1) is 17.1 Å². The third-order valence-electron chi connectivity index (χ3n) is 4.10. The average Bonchev–Trinajstić information content (AvgIpc) is 2.54. The highest BCUT2D eigenvalue weighted by atomic mass is 19.1. The Morgan fingerprint density at radius 1 is 1.32 bits per heavy atom. The van der Waals surface area contributed by atoms with Crippen LogP contribution in [0.25, 0.3) is 0 Å². The maximum absolute atomic E-state index is 13.0. The van der Waals surface area contributed by atoms with Gasteiger partial charge in [-0.1, -0.05) is 0 Å². The van der Waals surface area contributed by atoms with E-state index in [1.807, 2.05) is 13.0 Å². The number of hydrogen-bond acceptors (Lipinski definition) is 4. The van der Waals surface area contributed by atoms with Crippen LogP contribution >= 0.6 is 0 Å². The van der Waals surface area contributed by atoms with Gasteiger partial charge in [0.05, 0.1) is 12.1 Å². The molecular weight excluding hydrogens is 283 g/mol. The molecule has 1 aromatic rings. The van der Waals surface area contributed by atoms with Crippen molar-refractivity contribution in [2.24, 2.45) is 0 Å². The lowest BCUT2D eigenvalue weighted by molar-refractivity contribution is -0.134. The molecule has 1 atom stereocenters. The molecule has 0 saturated carbocycles. The van der Waals surface area contributed by atoms with E-state index < -0.39 is 0 Å². The summed E-state index contributed by atoms with van der Waals surface area (Å²) >= 11 is 0. The number of anilines is 1. The molecule has 0 N–H and O–H groups in total. The SMILES string of the molecule is CC(C(=O)N(C)CC#N)N1CCN(c2ccc(F)cc2)CC1. The third-order valence-corrected chi connectivity index (χ3v) is 4.10. The first-order valence-corrected chi connectivity index (χ1v) is 7.39. The summed E-state index contributed by atoms with van der Waals surface area (Å²) in [5, 5.41) is 8.67. The fraction of sp³-hybridized carbons (Fsp3) is 0.500. The number of amides is 1. The molecule has 1 aromatic carbocycles. The first-order valence-electron chi connectivity index (χ1n) is 7.39. The van der Waals surface area contributed by atoms with Crippen LogP contribution in [0.2, 0.25) is 0 Å². The number of halogens is 1. The van der Waals surface area contributed by atoms with Crippen LogP contribution in [0.15, 0.2) is 24.3 Å². The number of likely N-dealkylation sites (N-methyl/N-ethyl adjacent to an activating group) is 1. The Balaban J connectivity index is 1.90. The number of hydrogen-bond donors (Lipinski definition) is 0. The number of nitrogens with zero attached hydrogens (tertiary/aromatic N) is 4. The number of piperazine rings is 1. The second kappa shape index (κ2) is 7.23. The Bertz CT molecular complexity index is 546. The Labute approximate surface area is 130 Å². The van der Waals surface area contributed by atoms with Crippen LogP contribution < -0.4 is 4.90 Å². The molecule has 0 bridgehead atoms. The summed E-state index contributed by atoms with van der Waals surface area (Å²) in [6.45, 7) is 5.12. The van der Waals surface area contributed by atoms with Gasteiger partial charge in [-0.25, -0.2) is 4.39 Å². The monoisotopic (exact) mass is 304 g/mol. The van der Waals surface area contributed by atoms with Gasteiger partial charge in [-0.05, 0) is 31.2 Å². The van der Waals surface area contributed by atoms with E-state index in [2.05, 4.69) is 9.80 Å². The molecule has 6 heteroatoms. The fourth-order valence-corrected chi connectivity index (χ4v) is 2.68. The minimum atomic E-state index is -0.234. The molecule has 118 valence electrons. The van der Waals surface area contributed by atoms with Gasteiger partial charge in [0.25, 0.3) is 0 Å². The van der Waals surface area contributed by atoms with Crippen molar-refractivity contribution in [1.29, 1.82) is 5.26 Å². The minimum Gasteiger partial charge on any atom is -0.369 e. The highest BCUT2D eigenvalue weighted by molar-refractivity contribution is 5.81. The van der Waals surface area contributed by atoms with Crippen molar-refractivity contribution in [3.8, 4) is 6.07 Å². The van der Waals surface area contributed by atoms with Gasteiger partial charge in [-0.15, -0.1) is 0 Å². The van der Waals surface area contributed by atoms with Crippen LogP contribution in [0.3, 0.4) is 0 Å². The molecule has 1 amide bonds. The lowest BCUT2D eigenvalue weighted by Crippen LogP contribution is -2.54. The minimum absolute atomic E-state index is 0.0308. The summed E-state index contributed by atoms with van der Waals surface area (Å²) in [6, 6.07) is 8.24. The molecule has 0 radical (unpaired) electrons. The summed E-state index contributed by atoms with van der Waals surface area (Å²) in [4.78, 5) is 18.0. The molecule has 1 aliphatic heterocycles. The third kappa shape index (κ3) is 3.74. The molecule has 1 saturated heterocycles. The van der Waals surface area contributed by atoms with Gasteiger partial charge in [0.15, 0.2) is 0 Å². The van der Waals surface area contributed by atoms with Crippen LogP contribution in [0.4, 0.5) is 10.1 Å². The largest absolute Gasteiger partial charge is 0.369 e. The van der Waals surface area contributed by atoms with Crippen molar-refractivity contribution in [1.82, 2.24) is 9.80 Å². The molecule has 1 heterocycles. The van der Waals surface area contributed by atoms with E-state index in [-0.39, 0.29) is 24.3 Å². The van der Waals surface area contributed by atoms with Gasteiger partial charge in [0.1, 0.15) is 12.4 Å². The molecule has 0 aliphatic carbocycles. The first-order chi connectivity index (χ1) is 10.5. The quantitative estimate of drug-likeness (QED) is 0.787. The molecule has 2 rings (SSSR count). The average molecular weight is 304 g/mol. The second-order valence-corrected chi connectivity index (χ2v) is 5.53. The van der Waals surface area contributed by atoms with Crippen molar-refractivity contribution in [3.05, 3.63) is 30.1 Å². The zero-order valence-corrected chi connectivity index (χ0v) is 13.0. The molecule has 0 spiro atoms. The predicted octanol–water partition coefficient (Wildman–Crippen LogP) is 1.32. The van der Waals surface area contributed by atoms with Crippen molar-refractivity contribution < 1.29 is 9.18 Å². The Morgan fingerprint density at radius 3 is 2.45 bits per heavy atom. The van der Waals surface area contributed by atoms with Gasteiger partial charge in [0.2, 0.25) is 5.91 Å². The molecule has 1 unspecified atom stereocenters. The van der Waals surface area contributed by atoms with E-state index in [1.165, 1.54) is 17.0 Å². The molecule has 0 aromatic heterocycles. The van der Waals surface area contributed by atoms with Crippen LogP contribution in [0.1, 0.15) is 6.92 Å². The van der Waals surface area contributed by atoms with Crippen molar-refractivity contribution >= 4 is 11.6 Å². The summed E-state index contributed by atoms with van der Waals surface area (Å²) in [5.41, 5.74) is 1.00. The zero-order valence-electron chi connectivity index (χ0n) is 13.0. The maximum Gasteiger partial charge on any atom is 0.240 e. The molecule has 1 aliphatic rings. The van der Waals surface area contributed by atoms with Crippen molar-refractivity contribution in [2.45, 2.75) is 13.0 Å². The van der Waals surface area contributed by atoms with Crippen LogP contribution in [-0.2, 0) is 4.79 Å². The first kappa shape index (κ1) is 16.2. The molecule has 5 nitrogen and oxygen atoms in total. The van der Waals surface area contributed by atoms with Gasteiger partial charge >= 0.3 is 0 Å². The standard InChI is InChI=1S/C16H21FN4O/c1-13(16(22)19(2)8-7-18)20-9-11-21(12-10-20)15-5-3-14(17)4-6-15/h3-6,13H,8-12H2,1-2H3. The van der Waals surface area contributed by atoms with Gasteiger partial charge in [0, 0.05) is 38.9 Å². The summed E-state index contributed by atoms with van der Waals surface area (Å²) < 4.78 is 13.0. The molecular formula is C16H21FN4O. The van der Waals surface area contributed by atoms with Crippen molar-refractivity contribution in [3.63, 3.8) is 0 Å². The Morgan fingerprint density at radius 2 is 1.91 bits per heavy atom. The topological polar surface area (TPSA) is 50.6 Å². The number of benzene rings is 1. The maximum atomic E-state index is 13.0. The second-order valence-electron chi connectivity index (χ2n) is 5.53. The lowest BCUT2D eigenvalue weighted by Gasteiger charge is -2.39. The summed E-state index contributed by atoms with van der Waals surface area (Å²) in [6.07, 6.45) is 0. The molecule has 1 fully saturated rings. The highest BCUT2D eigenvalue weighted by Crippen LogP contribution is 2.18. The fourth-order valence-electron chi connectivity index (χ4n) is 2.68. The highest BCUT2D eigenvalue weighted by Gasteiger charge is 2.27. The smallest absolute Gasteiger partial charge is 0.240 e. The van der Waals surface area contributed by atoms with Gasteiger partial charge in [-0.3, -0.25) is 9.69 Å². The number of nitriles is 1. The van der Waals surface area contributed by atoms with Crippen LogP contribution in [0.5, 0.6) is 0 Å². The summed E-state index contributed by atoms with van der Waals surface area (Å²) in [5.74, 6) is -0.265. The van der Waals surface area contributed by atoms with E-state index in [0.29, 0.717) is 0 Å². The Hall–Kier alpha value is -2.13. The zero-order chi connectivity index (χ0) is 16.1. The van der Waals surface area contributed by atoms with E-state index in [0.717, 1.165) is 31.9 Å². The number of rotatable bonds is 4. The molecule has 22 heavy (non-hydrogen) atoms. The van der Waals surface area contributed by atoms with Gasteiger partial charge in [-0.2, -0.15) is 5.26 Å². The predicted molar refractivity (Wildman–Crippen MR) is 82.9 cm³/mol. The Kier molecular flexibility index (Phi) is 5.34. The van der Waals surface area contributed by atoms with Crippen molar-refractivity contribution in [2.75, 3.05) is 44.7 Å². The number of carbonyl (C=O) groups is 1. The van der Waals surface area contributed by atoms with Gasteiger partial charge < -0.3 is 9.80 Å². The lowest BCUT2D eigenvalue weighted by atomic mass is 10.2. The number of carbonyl (C=O) groups excluding carboxylic acids is 1. The normalized spacial score (nSPS) is 16.9.